The van der Waals surface area contributed by atoms with Gasteiger partial charge in [-0.1, -0.05) is 18.2 Å². The molecule has 1 aliphatic rings. The Hall–Kier alpha value is -1.44. The van der Waals surface area contributed by atoms with E-state index in [2.05, 4.69) is 4.72 Å². The summed E-state index contributed by atoms with van der Waals surface area (Å²) in [6.45, 7) is 0.481. The summed E-state index contributed by atoms with van der Waals surface area (Å²) in [6.07, 6.45) is 0.804. The Labute approximate surface area is 118 Å². The molecule has 0 atom stereocenters. The molecule has 1 aromatic rings. The number of carbonyl (C=O) groups is 1. The number of amides is 1. The Bertz CT molecular complexity index is 586. The second-order valence-electron chi connectivity index (χ2n) is 4.56. The molecule has 2 rings (SSSR count). The Morgan fingerprint density at radius 3 is 2.90 bits per heavy atom. The SMILES string of the molecule is COCCS(=O)(=O)NCC(=O)N1CCc2ccccc21. The van der Waals surface area contributed by atoms with Crippen molar-refractivity contribution in [2.45, 2.75) is 6.42 Å². The maximum atomic E-state index is 12.1. The molecular weight excluding hydrogens is 280 g/mol. The Morgan fingerprint density at radius 2 is 2.15 bits per heavy atom. The number of ether oxygens (including phenoxy) is 1. The van der Waals surface area contributed by atoms with E-state index in [1.54, 1.807) is 4.90 Å². The largest absolute Gasteiger partial charge is 0.384 e. The predicted molar refractivity (Wildman–Crippen MR) is 76.2 cm³/mol. The molecule has 7 heteroatoms. The van der Waals surface area contributed by atoms with Crippen LogP contribution in [0.2, 0.25) is 0 Å². The average molecular weight is 298 g/mol. The number of benzene rings is 1. The molecule has 1 N–H and O–H groups in total. The summed E-state index contributed by atoms with van der Waals surface area (Å²) in [6, 6.07) is 7.65. The van der Waals surface area contributed by atoms with Crippen molar-refractivity contribution in [3.8, 4) is 0 Å². The summed E-state index contributed by atoms with van der Waals surface area (Å²) in [5.74, 6) is -0.385. The molecule has 0 unspecified atom stereocenters. The van der Waals surface area contributed by atoms with Gasteiger partial charge < -0.3 is 9.64 Å². The van der Waals surface area contributed by atoms with Crippen molar-refractivity contribution >= 4 is 21.6 Å². The van der Waals surface area contributed by atoms with Crippen LogP contribution in [0.5, 0.6) is 0 Å². The molecule has 0 aliphatic carbocycles. The molecule has 1 aliphatic heterocycles. The third kappa shape index (κ3) is 3.56. The minimum Gasteiger partial charge on any atom is -0.384 e. The van der Waals surface area contributed by atoms with Crippen molar-refractivity contribution in [1.29, 1.82) is 0 Å². The molecule has 0 saturated heterocycles. The van der Waals surface area contributed by atoms with Gasteiger partial charge in [-0.05, 0) is 18.1 Å². The first-order chi connectivity index (χ1) is 9.53. The van der Waals surface area contributed by atoms with Gasteiger partial charge in [-0.15, -0.1) is 0 Å². The van der Waals surface area contributed by atoms with Crippen LogP contribution in [0.15, 0.2) is 24.3 Å². The lowest BCUT2D eigenvalue weighted by Crippen LogP contribution is -2.40. The summed E-state index contributed by atoms with van der Waals surface area (Å²) in [5, 5.41) is 0. The first kappa shape index (κ1) is 15.0. The maximum Gasteiger partial charge on any atom is 0.242 e. The van der Waals surface area contributed by atoms with Crippen molar-refractivity contribution < 1.29 is 17.9 Å². The molecule has 0 bridgehead atoms. The molecule has 6 nitrogen and oxygen atoms in total. The van der Waals surface area contributed by atoms with E-state index >= 15 is 0 Å². The number of hydrogen-bond donors (Lipinski definition) is 1. The van der Waals surface area contributed by atoms with Crippen molar-refractivity contribution in [3.05, 3.63) is 29.8 Å². The fraction of sp³-hybridized carbons (Fsp3) is 0.462. The van der Waals surface area contributed by atoms with E-state index in [1.165, 1.54) is 7.11 Å². The van der Waals surface area contributed by atoms with Crippen molar-refractivity contribution in [2.24, 2.45) is 0 Å². The number of nitrogens with one attached hydrogen (secondary N) is 1. The molecular formula is C13H18N2O4S. The first-order valence-corrected chi connectivity index (χ1v) is 8.03. The smallest absolute Gasteiger partial charge is 0.242 e. The average Bonchev–Trinajstić information content (AvgIpc) is 2.87. The van der Waals surface area contributed by atoms with E-state index in [0.29, 0.717) is 6.54 Å². The van der Waals surface area contributed by atoms with E-state index in [-0.39, 0.29) is 24.8 Å². The van der Waals surface area contributed by atoms with Gasteiger partial charge >= 0.3 is 0 Å². The number of para-hydroxylation sites is 1. The fourth-order valence-corrected chi connectivity index (χ4v) is 3.00. The van der Waals surface area contributed by atoms with Crippen molar-refractivity contribution in [3.63, 3.8) is 0 Å². The summed E-state index contributed by atoms with van der Waals surface area (Å²) in [5.41, 5.74) is 1.98. The molecule has 0 saturated carbocycles. The third-order valence-electron chi connectivity index (χ3n) is 3.19. The summed E-state index contributed by atoms with van der Waals surface area (Å²) >= 11 is 0. The minimum absolute atomic E-state index is 0.107. The zero-order valence-electron chi connectivity index (χ0n) is 11.3. The summed E-state index contributed by atoms with van der Waals surface area (Å²) < 4.78 is 30.2. The minimum atomic E-state index is -3.47. The van der Waals surface area contributed by atoms with Crippen LogP contribution >= 0.6 is 0 Å². The van der Waals surface area contributed by atoms with Crippen LogP contribution in [0.1, 0.15) is 5.56 Å². The van der Waals surface area contributed by atoms with Gasteiger partial charge in [0.05, 0.1) is 18.9 Å². The van der Waals surface area contributed by atoms with Crippen LogP contribution in [0.25, 0.3) is 0 Å². The van der Waals surface area contributed by atoms with E-state index in [9.17, 15) is 13.2 Å². The van der Waals surface area contributed by atoms with Gasteiger partial charge in [-0.3, -0.25) is 4.79 Å². The van der Waals surface area contributed by atoms with E-state index in [0.717, 1.165) is 17.7 Å². The second-order valence-corrected chi connectivity index (χ2v) is 6.48. The number of carbonyl (C=O) groups excluding carboxylic acids is 1. The molecule has 0 fully saturated rings. The van der Waals surface area contributed by atoms with Gasteiger partial charge in [-0.2, -0.15) is 0 Å². The Balaban J connectivity index is 1.94. The second kappa shape index (κ2) is 6.34. The summed E-state index contributed by atoms with van der Waals surface area (Å²) in [4.78, 5) is 13.7. The highest BCUT2D eigenvalue weighted by molar-refractivity contribution is 7.89. The molecule has 0 aromatic heterocycles. The van der Waals surface area contributed by atoms with Crippen LogP contribution in [-0.4, -0.2) is 46.9 Å². The van der Waals surface area contributed by atoms with Crippen LogP contribution in [0, 0.1) is 0 Å². The first-order valence-electron chi connectivity index (χ1n) is 6.38. The monoisotopic (exact) mass is 298 g/mol. The number of methoxy groups -OCH3 is 1. The number of rotatable bonds is 6. The lowest BCUT2D eigenvalue weighted by molar-refractivity contribution is -0.117. The normalized spacial score (nSPS) is 14.3. The van der Waals surface area contributed by atoms with Crippen LogP contribution in [0.3, 0.4) is 0 Å². The van der Waals surface area contributed by atoms with Crippen LogP contribution < -0.4 is 9.62 Å². The van der Waals surface area contributed by atoms with Crippen molar-refractivity contribution in [2.75, 3.05) is 37.5 Å². The van der Waals surface area contributed by atoms with E-state index in [1.807, 2.05) is 24.3 Å². The highest BCUT2D eigenvalue weighted by Gasteiger charge is 2.24. The Morgan fingerprint density at radius 1 is 1.40 bits per heavy atom. The maximum absolute atomic E-state index is 12.1. The molecule has 20 heavy (non-hydrogen) atoms. The number of sulfonamides is 1. The lowest BCUT2D eigenvalue weighted by Gasteiger charge is -2.17. The van der Waals surface area contributed by atoms with Gasteiger partial charge in [0.25, 0.3) is 0 Å². The van der Waals surface area contributed by atoms with Gasteiger partial charge in [0.1, 0.15) is 0 Å². The van der Waals surface area contributed by atoms with Crippen LogP contribution in [0.4, 0.5) is 5.69 Å². The van der Waals surface area contributed by atoms with Crippen molar-refractivity contribution in [1.82, 2.24) is 4.72 Å². The standard InChI is InChI=1S/C13H18N2O4S/c1-19-8-9-20(17,18)14-10-13(16)15-7-6-11-4-2-3-5-12(11)15/h2-5,14H,6-10H2,1H3. The Kier molecular flexibility index (Phi) is 4.74. The number of nitrogens with zero attached hydrogens (tertiary/aromatic N) is 1. The van der Waals surface area contributed by atoms with E-state index < -0.39 is 10.0 Å². The fourth-order valence-electron chi connectivity index (χ4n) is 2.13. The summed E-state index contributed by atoms with van der Waals surface area (Å²) in [7, 11) is -2.04. The predicted octanol–water partition coefficient (Wildman–Crippen LogP) is 0.142. The van der Waals surface area contributed by atoms with Gasteiger partial charge in [0.2, 0.25) is 15.9 Å². The zero-order valence-corrected chi connectivity index (χ0v) is 12.1. The number of hydrogen-bond acceptors (Lipinski definition) is 4. The lowest BCUT2D eigenvalue weighted by atomic mass is 10.2. The molecule has 110 valence electrons. The topological polar surface area (TPSA) is 75.7 Å². The van der Waals surface area contributed by atoms with E-state index in [4.69, 9.17) is 4.74 Å². The van der Waals surface area contributed by atoms with Crippen LogP contribution in [-0.2, 0) is 26.0 Å². The molecule has 0 spiro atoms. The zero-order chi connectivity index (χ0) is 14.6. The third-order valence-corrected chi connectivity index (χ3v) is 4.48. The highest BCUT2D eigenvalue weighted by atomic mass is 32.2. The quantitative estimate of drug-likeness (QED) is 0.810. The molecule has 1 heterocycles. The van der Waals surface area contributed by atoms with Gasteiger partial charge in [0, 0.05) is 19.3 Å². The number of fused-ring (bicyclic) bond motifs is 1. The molecule has 0 radical (unpaired) electrons. The molecule has 1 aromatic carbocycles. The highest BCUT2D eigenvalue weighted by Crippen LogP contribution is 2.27. The van der Waals surface area contributed by atoms with Gasteiger partial charge in [0.15, 0.2) is 0 Å². The van der Waals surface area contributed by atoms with Gasteiger partial charge in [-0.25, -0.2) is 13.1 Å². The molecule has 1 amide bonds. The number of anilines is 1.